The third-order valence-electron chi connectivity index (χ3n) is 1.42. The molecule has 0 unspecified atom stereocenters. The SMILES string of the molecule is COc1ccc(CCC(=O)O)s1. The van der Waals surface area contributed by atoms with Gasteiger partial charge in [0, 0.05) is 4.88 Å². The van der Waals surface area contributed by atoms with Gasteiger partial charge in [-0.25, -0.2) is 0 Å². The average molecular weight is 186 g/mol. The molecule has 0 aliphatic carbocycles. The molecule has 0 atom stereocenters. The molecule has 0 bridgehead atoms. The fraction of sp³-hybridized carbons (Fsp3) is 0.375. The number of aryl methyl sites for hydroxylation is 1. The van der Waals surface area contributed by atoms with E-state index in [1.54, 1.807) is 7.11 Å². The molecular weight excluding hydrogens is 176 g/mol. The number of rotatable bonds is 4. The predicted octanol–water partition coefficient (Wildman–Crippen LogP) is 1.77. The molecule has 4 heteroatoms. The minimum atomic E-state index is -0.762. The van der Waals surface area contributed by atoms with E-state index in [0.717, 1.165) is 9.94 Å². The molecule has 1 aromatic rings. The Morgan fingerprint density at radius 3 is 2.92 bits per heavy atom. The average Bonchev–Trinajstić information content (AvgIpc) is 2.48. The summed E-state index contributed by atoms with van der Waals surface area (Å²) in [6, 6.07) is 3.74. The van der Waals surface area contributed by atoms with E-state index in [4.69, 9.17) is 9.84 Å². The Morgan fingerprint density at radius 1 is 1.67 bits per heavy atom. The number of aliphatic carboxylic acids is 1. The molecule has 0 aliphatic rings. The van der Waals surface area contributed by atoms with Crippen molar-refractivity contribution < 1.29 is 14.6 Å². The van der Waals surface area contributed by atoms with E-state index in [0.29, 0.717) is 6.42 Å². The highest BCUT2D eigenvalue weighted by atomic mass is 32.1. The number of hydrogen-bond acceptors (Lipinski definition) is 3. The lowest BCUT2D eigenvalue weighted by Gasteiger charge is -1.91. The maximum absolute atomic E-state index is 10.2. The number of carbonyl (C=O) groups is 1. The van der Waals surface area contributed by atoms with E-state index in [9.17, 15) is 4.79 Å². The highest BCUT2D eigenvalue weighted by Gasteiger charge is 2.02. The normalized spacial score (nSPS) is 9.75. The van der Waals surface area contributed by atoms with Crippen LogP contribution in [0.15, 0.2) is 12.1 Å². The number of hydrogen-bond donors (Lipinski definition) is 1. The standard InChI is InChI=1S/C8H10O3S/c1-11-8-5-3-6(12-8)2-4-7(9)10/h3,5H,2,4H2,1H3,(H,9,10). The first-order valence-electron chi connectivity index (χ1n) is 3.57. The molecule has 12 heavy (non-hydrogen) atoms. The van der Waals surface area contributed by atoms with Crippen molar-refractivity contribution in [1.82, 2.24) is 0 Å². The van der Waals surface area contributed by atoms with Gasteiger partial charge in [-0.3, -0.25) is 4.79 Å². The first-order chi connectivity index (χ1) is 5.72. The molecule has 1 rings (SSSR count). The van der Waals surface area contributed by atoms with Crippen LogP contribution in [0.2, 0.25) is 0 Å². The maximum Gasteiger partial charge on any atom is 0.303 e. The summed E-state index contributed by atoms with van der Waals surface area (Å²) in [5, 5.41) is 9.24. The number of carboxylic acids is 1. The van der Waals surface area contributed by atoms with Crippen molar-refractivity contribution in [2.24, 2.45) is 0 Å². The Morgan fingerprint density at radius 2 is 2.42 bits per heavy atom. The van der Waals surface area contributed by atoms with E-state index >= 15 is 0 Å². The highest BCUT2D eigenvalue weighted by molar-refractivity contribution is 7.13. The first kappa shape index (κ1) is 9.06. The van der Waals surface area contributed by atoms with Gasteiger partial charge in [0.25, 0.3) is 0 Å². The maximum atomic E-state index is 10.2. The second kappa shape index (κ2) is 4.11. The van der Waals surface area contributed by atoms with Crippen molar-refractivity contribution in [2.75, 3.05) is 7.11 Å². The van der Waals surface area contributed by atoms with Gasteiger partial charge in [-0.2, -0.15) is 0 Å². The van der Waals surface area contributed by atoms with Crippen LogP contribution in [0.1, 0.15) is 11.3 Å². The zero-order valence-electron chi connectivity index (χ0n) is 6.74. The first-order valence-corrected chi connectivity index (χ1v) is 4.38. The molecule has 66 valence electrons. The van der Waals surface area contributed by atoms with E-state index in [-0.39, 0.29) is 6.42 Å². The zero-order valence-corrected chi connectivity index (χ0v) is 7.56. The minimum Gasteiger partial charge on any atom is -0.487 e. The monoisotopic (exact) mass is 186 g/mol. The van der Waals surface area contributed by atoms with Crippen molar-refractivity contribution in [3.8, 4) is 5.06 Å². The van der Waals surface area contributed by atoms with Crippen LogP contribution in [0.5, 0.6) is 5.06 Å². The van der Waals surface area contributed by atoms with Crippen molar-refractivity contribution >= 4 is 17.3 Å². The van der Waals surface area contributed by atoms with Gasteiger partial charge in [0.1, 0.15) is 0 Å². The van der Waals surface area contributed by atoms with Gasteiger partial charge in [-0.1, -0.05) is 0 Å². The molecule has 0 amide bonds. The molecule has 0 fully saturated rings. The third kappa shape index (κ3) is 2.54. The largest absolute Gasteiger partial charge is 0.487 e. The molecule has 1 N–H and O–H groups in total. The molecule has 3 nitrogen and oxygen atoms in total. The van der Waals surface area contributed by atoms with Gasteiger partial charge in [-0.15, -0.1) is 11.3 Å². The van der Waals surface area contributed by atoms with Crippen LogP contribution in [-0.2, 0) is 11.2 Å². The predicted molar refractivity (Wildman–Crippen MR) is 46.8 cm³/mol. The van der Waals surface area contributed by atoms with E-state index < -0.39 is 5.97 Å². The van der Waals surface area contributed by atoms with Crippen LogP contribution in [0, 0.1) is 0 Å². The molecule has 1 heterocycles. The van der Waals surface area contributed by atoms with Gasteiger partial charge in [0.15, 0.2) is 5.06 Å². The Labute approximate surface area is 74.6 Å². The van der Waals surface area contributed by atoms with Gasteiger partial charge in [0.05, 0.1) is 13.5 Å². The lowest BCUT2D eigenvalue weighted by atomic mass is 10.3. The molecule has 1 aromatic heterocycles. The van der Waals surface area contributed by atoms with E-state index in [1.807, 2.05) is 12.1 Å². The molecule has 0 aliphatic heterocycles. The lowest BCUT2D eigenvalue weighted by Crippen LogP contribution is -1.95. The van der Waals surface area contributed by atoms with Crippen LogP contribution in [0.25, 0.3) is 0 Å². The van der Waals surface area contributed by atoms with Crippen molar-refractivity contribution in [3.05, 3.63) is 17.0 Å². The summed E-state index contributed by atoms with van der Waals surface area (Å²) in [7, 11) is 1.60. The number of methoxy groups -OCH3 is 1. The molecular formula is C8H10O3S. The lowest BCUT2D eigenvalue weighted by molar-refractivity contribution is -0.136. The molecule has 0 saturated carbocycles. The number of ether oxygens (including phenoxy) is 1. The quantitative estimate of drug-likeness (QED) is 0.779. The topological polar surface area (TPSA) is 46.5 Å². The fourth-order valence-electron chi connectivity index (χ4n) is 0.832. The molecule has 0 spiro atoms. The Kier molecular flexibility index (Phi) is 3.10. The van der Waals surface area contributed by atoms with Crippen molar-refractivity contribution in [3.63, 3.8) is 0 Å². The number of thiophene rings is 1. The van der Waals surface area contributed by atoms with Gasteiger partial charge in [-0.05, 0) is 18.6 Å². The van der Waals surface area contributed by atoms with Crippen LogP contribution in [0.4, 0.5) is 0 Å². The van der Waals surface area contributed by atoms with E-state index in [2.05, 4.69) is 0 Å². The summed E-state index contributed by atoms with van der Waals surface area (Å²) < 4.78 is 4.97. The van der Waals surface area contributed by atoms with Gasteiger partial charge in [0.2, 0.25) is 0 Å². The van der Waals surface area contributed by atoms with Crippen molar-refractivity contribution in [2.45, 2.75) is 12.8 Å². The van der Waals surface area contributed by atoms with Crippen LogP contribution in [0.3, 0.4) is 0 Å². The summed E-state index contributed by atoms with van der Waals surface area (Å²) in [5.41, 5.74) is 0. The third-order valence-corrected chi connectivity index (χ3v) is 2.53. The molecule has 0 aromatic carbocycles. The summed E-state index contributed by atoms with van der Waals surface area (Å²) >= 11 is 1.49. The summed E-state index contributed by atoms with van der Waals surface area (Å²) in [6.45, 7) is 0. The Hall–Kier alpha value is -1.03. The molecule has 0 saturated heterocycles. The van der Waals surface area contributed by atoms with Gasteiger partial charge < -0.3 is 9.84 Å². The Bertz CT molecular complexity index is 267. The van der Waals surface area contributed by atoms with E-state index in [1.165, 1.54) is 11.3 Å². The number of carboxylic acid groups (broad SMARTS) is 1. The second-order valence-corrected chi connectivity index (χ2v) is 3.45. The molecule has 0 radical (unpaired) electrons. The summed E-state index contributed by atoms with van der Waals surface area (Å²) in [5.74, 6) is -0.762. The van der Waals surface area contributed by atoms with Crippen molar-refractivity contribution in [1.29, 1.82) is 0 Å². The minimum absolute atomic E-state index is 0.184. The van der Waals surface area contributed by atoms with Crippen LogP contribution < -0.4 is 4.74 Å². The second-order valence-electron chi connectivity index (χ2n) is 2.32. The van der Waals surface area contributed by atoms with Crippen LogP contribution >= 0.6 is 11.3 Å². The summed E-state index contributed by atoms with van der Waals surface area (Å²) in [6.07, 6.45) is 0.771. The fourth-order valence-corrected chi connectivity index (χ4v) is 1.65. The zero-order chi connectivity index (χ0) is 8.97. The summed E-state index contributed by atoms with van der Waals surface area (Å²) in [4.78, 5) is 11.3. The van der Waals surface area contributed by atoms with Crippen LogP contribution in [-0.4, -0.2) is 18.2 Å². The van der Waals surface area contributed by atoms with Gasteiger partial charge >= 0.3 is 5.97 Å². The highest BCUT2D eigenvalue weighted by Crippen LogP contribution is 2.24. The smallest absolute Gasteiger partial charge is 0.303 e. The Balaban J connectivity index is 2.47.